The largest absolute Gasteiger partial charge is 0.324 e. The third-order valence-electron chi connectivity index (χ3n) is 2.49. The van der Waals surface area contributed by atoms with Gasteiger partial charge in [-0.1, -0.05) is 0 Å². The van der Waals surface area contributed by atoms with Crippen LogP contribution in [0.5, 0.6) is 0 Å². The molecular formula is C12H10N6S. The molecule has 0 saturated carbocycles. The van der Waals surface area contributed by atoms with Crippen LogP contribution in [0.25, 0.3) is 5.69 Å². The lowest BCUT2D eigenvalue weighted by Gasteiger charge is -2.08. The van der Waals surface area contributed by atoms with E-state index in [1.165, 1.54) is 0 Å². The van der Waals surface area contributed by atoms with Crippen LogP contribution in [0.3, 0.4) is 0 Å². The Kier molecular flexibility index (Phi) is 3.03. The average Bonchev–Trinajstić information content (AvgIpc) is 2.82. The van der Waals surface area contributed by atoms with Gasteiger partial charge in [-0.3, -0.25) is 19.9 Å². The maximum absolute atomic E-state index is 7.94. The van der Waals surface area contributed by atoms with E-state index in [9.17, 15) is 0 Å². The molecule has 3 rings (SSSR count). The first-order valence-corrected chi connectivity index (χ1v) is 6.33. The minimum absolute atomic E-state index is 0.350. The van der Waals surface area contributed by atoms with E-state index in [1.807, 2.05) is 24.3 Å². The second-order valence-electron chi connectivity index (χ2n) is 3.71. The molecule has 0 amide bonds. The summed E-state index contributed by atoms with van der Waals surface area (Å²) in [5, 5.41) is 11.1. The number of rotatable bonds is 3. The molecule has 3 heterocycles. The van der Waals surface area contributed by atoms with Gasteiger partial charge in [0, 0.05) is 42.0 Å². The molecule has 0 aliphatic carbocycles. The van der Waals surface area contributed by atoms with Crippen LogP contribution in [-0.4, -0.2) is 18.9 Å². The van der Waals surface area contributed by atoms with E-state index in [-0.39, 0.29) is 0 Å². The summed E-state index contributed by atoms with van der Waals surface area (Å²) < 4.78 is 5.98. The summed E-state index contributed by atoms with van der Waals surface area (Å²) in [5.41, 5.74) is 1.73. The van der Waals surface area contributed by atoms with Gasteiger partial charge in [0.15, 0.2) is 0 Å². The van der Waals surface area contributed by atoms with Crippen molar-refractivity contribution in [3.05, 3.63) is 53.9 Å². The monoisotopic (exact) mass is 270 g/mol. The molecule has 0 aliphatic rings. The highest BCUT2D eigenvalue weighted by atomic mass is 32.1. The second-order valence-corrected chi connectivity index (χ2v) is 4.46. The van der Waals surface area contributed by atoms with Crippen molar-refractivity contribution >= 4 is 23.2 Å². The molecule has 0 bridgehead atoms. The number of nitrogens with one attached hydrogen (secondary N) is 2. The zero-order chi connectivity index (χ0) is 13.1. The van der Waals surface area contributed by atoms with E-state index in [4.69, 9.17) is 5.41 Å². The Morgan fingerprint density at radius 2 is 1.63 bits per heavy atom. The van der Waals surface area contributed by atoms with Crippen molar-refractivity contribution in [3.63, 3.8) is 0 Å². The van der Waals surface area contributed by atoms with Crippen molar-refractivity contribution in [1.82, 2.24) is 18.9 Å². The second kappa shape index (κ2) is 4.99. The maximum Gasteiger partial charge on any atom is 0.225 e. The number of nitrogens with zero attached hydrogens (tertiary/aromatic N) is 4. The van der Waals surface area contributed by atoms with Crippen LogP contribution in [0.4, 0.5) is 11.6 Å². The van der Waals surface area contributed by atoms with E-state index < -0.39 is 0 Å². The molecule has 0 fully saturated rings. The lowest BCUT2D eigenvalue weighted by molar-refractivity contribution is 0.968. The van der Waals surface area contributed by atoms with Gasteiger partial charge in [-0.15, -0.1) is 0 Å². The van der Waals surface area contributed by atoms with Crippen molar-refractivity contribution in [2.75, 3.05) is 5.32 Å². The van der Waals surface area contributed by atoms with Crippen LogP contribution in [0, 0.1) is 5.41 Å². The Balaban J connectivity index is 2.03. The SMILES string of the molecule is N=c1snc(Nc2ccncc2)n1-c1ccncc1. The molecule has 0 unspecified atom stereocenters. The molecule has 3 aromatic rings. The predicted molar refractivity (Wildman–Crippen MR) is 72.6 cm³/mol. The summed E-state index contributed by atoms with van der Waals surface area (Å²) >= 11 is 1.13. The molecule has 0 radical (unpaired) electrons. The number of pyridine rings is 2. The fourth-order valence-corrected chi connectivity index (χ4v) is 2.21. The highest BCUT2D eigenvalue weighted by Crippen LogP contribution is 2.16. The zero-order valence-electron chi connectivity index (χ0n) is 9.82. The van der Waals surface area contributed by atoms with Gasteiger partial charge in [-0.05, 0) is 24.3 Å². The fourth-order valence-electron chi connectivity index (χ4n) is 1.64. The summed E-state index contributed by atoms with van der Waals surface area (Å²) in [6, 6.07) is 7.37. The minimum Gasteiger partial charge on any atom is -0.324 e. The van der Waals surface area contributed by atoms with Crippen molar-refractivity contribution in [3.8, 4) is 5.69 Å². The average molecular weight is 270 g/mol. The van der Waals surface area contributed by atoms with E-state index >= 15 is 0 Å². The Morgan fingerprint density at radius 3 is 2.32 bits per heavy atom. The summed E-state index contributed by atoms with van der Waals surface area (Å²) in [4.78, 5) is 8.29. The van der Waals surface area contributed by atoms with Crippen molar-refractivity contribution in [1.29, 1.82) is 5.41 Å². The van der Waals surface area contributed by atoms with Crippen LogP contribution in [0.2, 0.25) is 0 Å². The minimum atomic E-state index is 0.350. The Morgan fingerprint density at radius 1 is 1.00 bits per heavy atom. The van der Waals surface area contributed by atoms with Crippen molar-refractivity contribution in [2.24, 2.45) is 0 Å². The molecule has 94 valence electrons. The van der Waals surface area contributed by atoms with E-state index in [2.05, 4.69) is 19.7 Å². The number of hydrogen-bond donors (Lipinski definition) is 2. The molecule has 0 aromatic carbocycles. The molecule has 0 atom stereocenters. The summed E-state index contributed by atoms with van der Waals surface area (Å²) in [6.45, 7) is 0. The van der Waals surface area contributed by atoms with Crippen LogP contribution < -0.4 is 10.1 Å². The molecule has 0 spiro atoms. The first-order valence-electron chi connectivity index (χ1n) is 5.55. The topological polar surface area (TPSA) is 79.5 Å². The van der Waals surface area contributed by atoms with E-state index in [1.54, 1.807) is 29.4 Å². The van der Waals surface area contributed by atoms with Crippen molar-refractivity contribution in [2.45, 2.75) is 0 Å². The number of hydrogen-bond acceptors (Lipinski definition) is 6. The number of anilines is 2. The van der Waals surface area contributed by atoms with Crippen LogP contribution in [-0.2, 0) is 0 Å². The molecule has 0 saturated heterocycles. The lowest BCUT2D eigenvalue weighted by atomic mass is 10.4. The third kappa shape index (κ3) is 2.36. The summed E-state index contributed by atoms with van der Waals surface area (Å²) in [7, 11) is 0. The van der Waals surface area contributed by atoms with E-state index in [0.29, 0.717) is 10.7 Å². The predicted octanol–water partition coefficient (Wildman–Crippen LogP) is 1.95. The highest BCUT2D eigenvalue weighted by molar-refractivity contribution is 7.03. The molecule has 7 heteroatoms. The number of aromatic nitrogens is 4. The first-order chi connectivity index (χ1) is 9.34. The highest BCUT2D eigenvalue weighted by Gasteiger charge is 2.08. The Bertz CT molecular complexity index is 719. The molecular weight excluding hydrogens is 260 g/mol. The van der Waals surface area contributed by atoms with Gasteiger partial charge in [0.2, 0.25) is 10.7 Å². The van der Waals surface area contributed by atoms with Crippen LogP contribution in [0.1, 0.15) is 0 Å². The van der Waals surface area contributed by atoms with Crippen LogP contribution >= 0.6 is 11.5 Å². The lowest BCUT2D eigenvalue weighted by Crippen LogP contribution is -2.13. The van der Waals surface area contributed by atoms with Gasteiger partial charge in [0.05, 0.1) is 5.69 Å². The van der Waals surface area contributed by atoms with Gasteiger partial charge < -0.3 is 5.32 Å². The smallest absolute Gasteiger partial charge is 0.225 e. The molecule has 6 nitrogen and oxygen atoms in total. The molecule has 19 heavy (non-hydrogen) atoms. The molecule has 3 aromatic heterocycles. The Labute approximate surface area is 113 Å². The quantitative estimate of drug-likeness (QED) is 0.762. The molecule has 0 aliphatic heterocycles. The van der Waals surface area contributed by atoms with Crippen molar-refractivity contribution < 1.29 is 0 Å². The van der Waals surface area contributed by atoms with Crippen LogP contribution in [0.15, 0.2) is 49.1 Å². The van der Waals surface area contributed by atoms with Gasteiger partial charge in [-0.25, -0.2) is 0 Å². The standard InChI is InChI=1S/C12H10N6S/c13-11-18(10-3-7-15-8-4-10)12(17-19-11)16-9-1-5-14-6-2-9/h1-8,13H,(H,14,16,17). The summed E-state index contributed by atoms with van der Waals surface area (Å²) in [6.07, 6.45) is 6.78. The molecule has 2 N–H and O–H groups in total. The van der Waals surface area contributed by atoms with Gasteiger partial charge in [0.25, 0.3) is 0 Å². The fraction of sp³-hybridized carbons (Fsp3) is 0. The van der Waals surface area contributed by atoms with E-state index in [0.717, 1.165) is 22.9 Å². The van der Waals surface area contributed by atoms with Gasteiger partial charge in [-0.2, -0.15) is 4.37 Å². The zero-order valence-corrected chi connectivity index (χ0v) is 10.6. The van der Waals surface area contributed by atoms with Gasteiger partial charge >= 0.3 is 0 Å². The maximum atomic E-state index is 7.94. The normalized spacial score (nSPS) is 10.3. The third-order valence-corrected chi connectivity index (χ3v) is 3.11. The summed E-state index contributed by atoms with van der Waals surface area (Å²) in [5.74, 6) is 0.604. The first kappa shape index (κ1) is 11.5. The Hall–Kier alpha value is -2.54. The van der Waals surface area contributed by atoms with Gasteiger partial charge in [0.1, 0.15) is 0 Å².